The molecule has 0 atom stereocenters. The van der Waals surface area contributed by atoms with Crippen LogP contribution in [0.1, 0.15) is 122 Å². The summed E-state index contributed by atoms with van der Waals surface area (Å²) in [6.07, 6.45) is 0. The molecular weight excluding hydrogens is 1770 g/mol. The Kier molecular flexibility index (Phi) is 23.8. The maximum Gasteiger partial charge on any atom is 0.494 e. The Morgan fingerprint density at radius 1 is 0.230 bits per heavy atom. The molecule has 0 N–H and O–H groups in total. The van der Waals surface area contributed by atoms with Crippen molar-refractivity contribution in [1.29, 1.82) is 0 Å². The van der Waals surface area contributed by atoms with Crippen molar-refractivity contribution in [2.45, 2.75) is 169 Å². The van der Waals surface area contributed by atoms with Gasteiger partial charge in [0.25, 0.3) is 0 Å². The van der Waals surface area contributed by atoms with E-state index < -0.39 is 73.3 Å². The molecule has 4 saturated heterocycles. The summed E-state index contributed by atoms with van der Waals surface area (Å²) in [5.41, 5.74) is 17.6. The van der Waals surface area contributed by atoms with Gasteiger partial charge in [0.1, 0.15) is 0 Å². The van der Waals surface area contributed by atoms with Crippen molar-refractivity contribution < 1.29 is 37.2 Å². The van der Waals surface area contributed by atoms with Crippen LogP contribution in [0.25, 0.3) is 111 Å². The van der Waals surface area contributed by atoms with E-state index in [1.54, 1.807) is 0 Å². The lowest BCUT2D eigenvalue weighted by Gasteiger charge is -2.32. The molecule has 0 aliphatic carbocycles. The molecule has 122 heavy (non-hydrogen) atoms. The average Bonchev–Trinajstić information content (AvgIpc) is 1.58. The normalized spacial score (nSPS) is 17.5. The van der Waals surface area contributed by atoms with Gasteiger partial charge >= 0.3 is 28.5 Å². The highest BCUT2D eigenvalue weighted by molar-refractivity contribution is 9.11. The van der Waals surface area contributed by atoms with E-state index in [0.717, 1.165) is 83.9 Å². The van der Waals surface area contributed by atoms with Crippen LogP contribution >= 0.6 is 63.7 Å². The van der Waals surface area contributed by atoms with Gasteiger partial charge in [0.15, 0.2) is 17.5 Å². The summed E-state index contributed by atoms with van der Waals surface area (Å²) in [5, 5.41) is 4.77. The third-order valence-corrected chi connectivity index (χ3v) is 27.1. The summed E-state index contributed by atoms with van der Waals surface area (Å²) in [5.74, 6) is 1.73. The quantitative estimate of drug-likeness (QED) is 0.115. The third-order valence-electron chi connectivity index (χ3n) is 25.2. The summed E-state index contributed by atoms with van der Waals surface area (Å²) in [7, 11) is -1.81. The summed E-state index contributed by atoms with van der Waals surface area (Å²) >= 11 is 14.3. The Balaban J connectivity index is 0.000000126. The van der Waals surface area contributed by atoms with E-state index in [0.29, 0.717) is 17.5 Å². The van der Waals surface area contributed by atoms with Crippen molar-refractivity contribution in [1.82, 2.24) is 24.1 Å². The van der Waals surface area contributed by atoms with Gasteiger partial charge in [0, 0.05) is 67.5 Å². The minimum atomic E-state index is -0.485. The van der Waals surface area contributed by atoms with Gasteiger partial charge in [0.05, 0.1) is 66.9 Å². The van der Waals surface area contributed by atoms with Crippen LogP contribution in [0.2, 0.25) is 0 Å². The van der Waals surface area contributed by atoms with E-state index in [4.69, 9.17) is 52.2 Å². The first-order valence-corrected chi connectivity index (χ1v) is 44.6. The zero-order valence-electron chi connectivity index (χ0n) is 72.3. The molecule has 21 heteroatoms. The van der Waals surface area contributed by atoms with Crippen LogP contribution in [0, 0.1) is 13.8 Å². The molecule has 19 rings (SSSR count). The zero-order valence-corrected chi connectivity index (χ0v) is 78.6. The Hall–Kier alpha value is -8.89. The van der Waals surface area contributed by atoms with E-state index in [2.05, 4.69) is 386 Å². The lowest BCUT2D eigenvalue weighted by molar-refractivity contribution is 0.00578. The molecule has 4 aliphatic rings. The minimum Gasteiger partial charge on any atom is -0.399 e. The van der Waals surface area contributed by atoms with E-state index in [1.807, 2.05) is 84.9 Å². The monoisotopic (exact) mass is 1870 g/mol. The van der Waals surface area contributed by atoms with E-state index >= 15 is 0 Å². The second-order valence-electron chi connectivity index (χ2n) is 36.1. The fourth-order valence-corrected chi connectivity index (χ4v) is 17.6. The van der Waals surface area contributed by atoms with Gasteiger partial charge in [-0.15, -0.1) is 0 Å². The Labute approximate surface area is 752 Å². The van der Waals surface area contributed by atoms with E-state index in [9.17, 15) is 0 Å². The molecule has 0 unspecified atom stereocenters. The van der Waals surface area contributed by atoms with Crippen molar-refractivity contribution in [2.75, 3.05) is 0 Å². The molecule has 7 heterocycles. The van der Waals surface area contributed by atoms with Crippen molar-refractivity contribution in [2.24, 2.45) is 0 Å². The predicted molar refractivity (Wildman–Crippen MR) is 518 cm³/mol. The van der Waals surface area contributed by atoms with Crippen molar-refractivity contribution in [3.8, 4) is 67.8 Å². The number of hydrogen-bond donors (Lipinski definition) is 0. The number of fused-ring (bicyclic) bond motifs is 6. The fraction of sp³-hybridized carbons (Fsp3) is 0.257. The minimum absolute atomic E-state index is 0.394. The Morgan fingerprint density at radius 3 is 0.885 bits per heavy atom. The van der Waals surface area contributed by atoms with E-state index in [-0.39, 0.29) is 0 Å². The van der Waals surface area contributed by atoms with E-state index in [1.165, 1.54) is 60.9 Å². The Bertz CT molecular complexity index is 6060. The lowest BCUT2D eigenvalue weighted by Crippen LogP contribution is -2.41. The number of hydrogen-bond acceptors (Lipinski definition) is 11. The molecule has 0 radical (unpaired) electrons. The smallest absolute Gasteiger partial charge is 0.399 e. The first-order chi connectivity index (χ1) is 57.8. The van der Waals surface area contributed by atoms with Crippen LogP contribution in [0.15, 0.2) is 291 Å². The second kappa shape index (κ2) is 33.5. The number of para-hydroxylation sites is 1. The molecule has 4 fully saturated rings. The largest absolute Gasteiger partial charge is 0.494 e. The van der Waals surface area contributed by atoms with Gasteiger partial charge in [-0.3, -0.25) is 0 Å². The maximum atomic E-state index is 6.38. The first-order valence-electron chi connectivity index (χ1n) is 41.5. The number of benzene rings is 12. The fourth-order valence-electron chi connectivity index (χ4n) is 15.6. The van der Waals surface area contributed by atoms with Gasteiger partial charge in [-0.2, -0.15) is 0 Å². The van der Waals surface area contributed by atoms with Crippen molar-refractivity contribution >= 4 is 158 Å². The molecule has 3 aromatic heterocycles. The molecule has 15 aromatic rings. The second-order valence-corrected chi connectivity index (χ2v) is 39.8. The van der Waals surface area contributed by atoms with Crippen molar-refractivity contribution in [3.05, 3.63) is 302 Å². The van der Waals surface area contributed by atoms with Crippen LogP contribution in [0.5, 0.6) is 0 Å². The Morgan fingerprint density at radius 2 is 0.516 bits per heavy atom. The molecule has 13 nitrogen and oxygen atoms in total. The topological polar surface area (TPSA) is 122 Å². The van der Waals surface area contributed by atoms with Crippen molar-refractivity contribution in [3.63, 3.8) is 0 Å². The number of nitrogens with zero attached hydrogens (tertiary/aromatic N) is 5. The van der Waals surface area contributed by atoms with Gasteiger partial charge in [-0.25, -0.2) is 15.0 Å². The molecule has 12 aromatic carbocycles. The van der Waals surface area contributed by atoms with Crippen LogP contribution < -0.4 is 21.9 Å². The zero-order chi connectivity index (χ0) is 86.4. The summed E-state index contributed by atoms with van der Waals surface area (Å²) in [4.78, 5) is 14.8. The maximum absolute atomic E-state index is 6.38. The van der Waals surface area contributed by atoms with Gasteiger partial charge in [-0.05, 0) is 277 Å². The SMILES string of the molecule is Brc1ccc2c(c1)c1cc(Br)ccc1n2-c1cccc(-c2ccccc2)c1.CC1(C)OB(c2ccc3c(c2)c2cc(B4OC(C)(C)C(C)(C)O4)ccc2n3-c2ccccc2)OC1(C)C.CC1(C)OB(c2cccc(-c3nc(-c4ccccc4)nc(-c4cccc(B5OC(C)(C)C(C)(C)O5)c4)n3)c2)OC1(C)C.Cc1cc(Br)cc(-c2cc(C)cc(Br)c2)c1. The molecule has 0 saturated carbocycles. The molecule has 0 spiro atoms. The van der Waals surface area contributed by atoms with Crippen LogP contribution in [0.3, 0.4) is 0 Å². The van der Waals surface area contributed by atoms with Gasteiger partial charge in [-0.1, -0.05) is 240 Å². The van der Waals surface area contributed by atoms with Crippen LogP contribution in [0.4, 0.5) is 0 Å². The highest BCUT2D eigenvalue weighted by Crippen LogP contribution is 2.44. The number of aromatic nitrogens is 5. The molecule has 4 aliphatic heterocycles. The molecular formula is C101H99B4Br4N5O8. The number of halogens is 4. The van der Waals surface area contributed by atoms with Crippen LogP contribution in [-0.4, -0.2) is 97.4 Å². The molecule has 0 amide bonds. The summed E-state index contributed by atoms with van der Waals surface area (Å²) in [6, 6.07) is 94.7. The van der Waals surface area contributed by atoms with Crippen LogP contribution in [-0.2, 0) is 37.2 Å². The first kappa shape index (κ1) is 86.6. The number of rotatable bonds is 11. The summed E-state index contributed by atoms with van der Waals surface area (Å²) in [6.45, 7) is 37.4. The summed E-state index contributed by atoms with van der Waals surface area (Å²) < 4.78 is 59.9. The van der Waals surface area contributed by atoms with Gasteiger partial charge < -0.3 is 46.4 Å². The predicted octanol–water partition coefficient (Wildman–Crippen LogP) is 24.3. The average molecular weight is 1870 g/mol. The molecule has 0 bridgehead atoms. The molecule has 616 valence electrons. The highest BCUT2D eigenvalue weighted by atomic mass is 79.9. The van der Waals surface area contributed by atoms with Gasteiger partial charge in [0.2, 0.25) is 0 Å². The standard InChI is InChI=1S/C33H37B2N3O4.C30H35B2NO4.C24H15Br2N.C14H12Br2/c1-30(2)31(3,4)40-34(39-30)25-18-12-16-23(20-25)28-36-27(22-14-10-9-11-15-22)37-29(38-28)24-17-13-19-26(21-24)35-41-32(5,6)33(7,8)42-35;1-27(2)28(3,4)35-31(34-27)20-14-16-25-23(18-20)24-19-21(32-36-29(5,6)30(7,8)37-32)15-17-26(24)33(25)22-12-10-9-11-13-22;25-18-9-11-23-21(14-18)22-15-19(26)10-12-24(22)27(23)20-8-4-7-17(13-20)16-5-2-1-3-6-16;1-9-3-11(7-13(15)5-9)12-4-10(2)6-14(16)8-12/h9-21H,1-8H3;9-19H,1-8H3;1-15H;3-8H,1-2H3. The third kappa shape index (κ3) is 17.5. The number of aryl methyl sites for hydroxylation is 2. The lowest BCUT2D eigenvalue weighted by atomic mass is 9.77. The highest BCUT2D eigenvalue weighted by Gasteiger charge is 2.55.